The van der Waals surface area contributed by atoms with Gasteiger partial charge in [0, 0.05) is 0 Å². The lowest BCUT2D eigenvalue weighted by Gasteiger charge is -2.12. The Morgan fingerprint density at radius 1 is 0.531 bits per heavy atom. The summed E-state index contributed by atoms with van der Waals surface area (Å²) >= 11 is 0. The number of hydrogen-bond donors (Lipinski definition) is 1. The Kier molecular flexibility index (Phi) is 6.13. The molecule has 0 bridgehead atoms. The molecule has 32 heavy (non-hydrogen) atoms. The van der Waals surface area contributed by atoms with E-state index in [4.69, 9.17) is 14.2 Å². The average Bonchev–Trinajstić information content (AvgIpc) is 2.82. The van der Waals surface area contributed by atoms with Crippen molar-refractivity contribution >= 4 is 11.9 Å². The number of carbonyl (C=O) groups is 2. The van der Waals surface area contributed by atoms with Gasteiger partial charge in [0.25, 0.3) is 0 Å². The Morgan fingerprint density at radius 2 is 0.969 bits per heavy atom. The van der Waals surface area contributed by atoms with Crippen LogP contribution < -0.4 is 9.47 Å². The number of aromatic hydroxyl groups is 1. The van der Waals surface area contributed by atoms with Crippen LogP contribution in [-0.2, 0) is 4.74 Å². The fourth-order valence-electron chi connectivity index (χ4n) is 2.90. The van der Waals surface area contributed by atoms with E-state index in [0.29, 0.717) is 11.5 Å². The second-order valence-electron chi connectivity index (χ2n) is 6.68. The van der Waals surface area contributed by atoms with Gasteiger partial charge in [-0.15, -0.1) is 0 Å². The van der Waals surface area contributed by atoms with Crippen molar-refractivity contribution in [3.63, 3.8) is 0 Å². The molecule has 0 heterocycles. The lowest BCUT2D eigenvalue weighted by molar-refractivity contribution is 0.0395. The van der Waals surface area contributed by atoms with Gasteiger partial charge in [-0.25, -0.2) is 9.59 Å². The standard InChI is InChI=1S/C26H18O6/c27-18-14-16-20(17-15-18)31-24-13-7-5-11-22(24)26(29)32-25(28)21-10-4-6-12-23(21)30-19-8-2-1-3-9-19/h1-17,27H. The highest BCUT2D eigenvalue weighted by atomic mass is 16.6. The first-order chi connectivity index (χ1) is 15.6. The van der Waals surface area contributed by atoms with Crippen molar-refractivity contribution in [3.8, 4) is 28.7 Å². The predicted octanol–water partition coefficient (Wildman–Crippen LogP) is 5.97. The van der Waals surface area contributed by atoms with Crippen molar-refractivity contribution < 1.29 is 28.9 Å². The Labute approximate surface area is 184 Å². The summed E-state index contributed by atoms with van der Waals surface area (Å²) < 4.78 is 16.6. The highest BCUT2D eigenvalue weighted by Crippen LogP contribution is 2.29. The van der Waals surface area contributed by atoms with E-state index >= 15 is 0 Å². The molecule has 1 N–H and O–H groups in total. The van der Waals surface area contributed by atoms with Gasteiger partial charge in [0.2, 0.25) is 0 Å². The molecule has 0 saturated carbocycles. The summed E-state index contributed by atoms with van der Waals surface area (Å²) in [5.74, 6) is -0.176. The highest BCUT2D eigenvalue weighted by Gasteiger charge is 2.21. The zero-order chi connectivity index (χ0) is 22.3. The van der Waals surface area contributed by atoms with E-state index in [1.165, 1.54) is 24.3 Å². The number of ether oxygens (including phenoxy) is 3. The monoisotopic (exact) mass is 426 g/mol. The average molecular weight is 426 g/mol. The minimum Gasteiger partial charge on any atom is -0.508 e. The predicted molar refractivity (Wildman–Crippen MR) is 117 cm³/mol. The third-order valence-corrected chi connectivity index (χ3v) is 4.43. The molecule has 4 aromatic carbocycles. The van der Waals surface area contributed by atoms with E-state index in [2.05, 4.69) is 0 Å². The van der Waals surface area contributed by atoms with Crippen LogP contribution in [0.15, 0.2) is 103 Å². The summed E-state index contributed by atoms with van der Waals surface area (Å²) in [6, 6.07) is 27.9. The van der Waals surface area contributed by atoms with Crippen molar-refractivity contribution in [3.05, 3.63) is 114 Å². The van der Waals surface area contributed by atoms with Gasteiger partial charge in [0.15, 0.2) is 0 Å². The number of phenols is 1. The molecule has 0 saturated heterocycles. The van der Waals surface area contributed by atoms with Gasteiger partial charge in [-0.1, -0.05) is 42.5 Å². The topological polar surface area (TPSA) is 82.1 Å². The number of para-hydroxylation sites is 3. The van der Waals surface area contributed by atoms with Gasteiger partial charge in [-0.05, 0) is 60.7 Å². The summed E-state index contributed by atoms with van der Waals surface area (Å²) in [4.78, 5) is 25.5. The second kappa shape index (κ2) is 9.49. The number of hydrogen-bond acceptors (Lipinski definition) is 6. The summed E-state index contributed by atoms with van der Waals surface area (Å²) in [5, 5.41) is 9.41. The van der Waals surface area contributed by atoms with Crippen LogP contribution >= 0.6 is 0 Å². The second-order valence-corrected chi connectivity index (χ2v) is 6.68. The van der Waals surface area contributed by atoms with Crippen molar-refractivity contribution in [2.45, 2.75) is 0 Å². The van der Waals surface area contributed by atoms with Crippen LogP contribution in [0.25, 0.3) is 0 Å². The molecule has 6 nitrogen and oxygen atoms in total. The van der Waals surface area contributed by atoms with E-state index in [0.717, 1.165) is 0 Å². The quantitative estimate of drug-likeness (QED) is 0.302. The maximum Gasteiger partial charge on any atom is 0.349 e. The fraction of sp³-hybridized carbons (Fsp3) is 0. The largest absolute Gasteiger partial charge is 0.508 e. The van der Waals surface area contributed by atoms with Gasteiger partial charge in [-0.3, -0.25) is 0 Å². The van der Waals surface area contributed by atoms with Crippen molar-refractivity contribution in [2.24, 2.45) is 0 Å². The molecule has 0 radical (unpaired) electrons. The molecule has 0 spiro atoms. The Balaban J connectivity index is 1.53. The molecule has 0 atom stereocenters. The lowest BCUT2D eigenvalue weighted by Crippen LogP contribution is -2.14. The third-order valence-electron chi connectivity index (χ3n) is 4.43. The first-order valence-electron chi connectivity index (χ1n) is 9.74. The van der Waals surface area contributed by atoms with Crippen LogP contribution in [0.5, 0.6) is 28.7 Å². The zero-order valence-electron chi connectivity index (χ0n) is 16.8. The van der Waals surface area contributed by atoms with Crippen LogP contribution in [0.4, 0.5) is 0 Å². The van der Waals surface area contributed by atoms with Crippen LogP contribution in [-0.4, -0.2) is 17.0 Å². The smallest absolute Gasteiger partial charge is 0.349 e. The minimum atomic E-state index is -0.862. The maximum absolute atomic E-state index is 12.8. The van der Waals surface area contributed by atoms with E-state index in [1.807, 2.05) is 18.2 Å². The van der Waals surface area contributed by atoms with Crippen molar-refractivity contribution in [1.82, 2.24) is 0 Å². The summed E-state index contributed by atoms with van der Waals surface area (Å²) in [6.07, 6.45) is 0. The molecule has 0 fully saturated rings. The van der Waals surface area contributed by atoms with Crippen LogP contribution in [0.1, 0.15) is 20.7 Å². The molecule has 0 aliphatic heterocycles. The molecule has 6 heteroatoms. The molecular formula is C26H18O6. The number of rotatable bonds is 6. The number of esters is 2. The van der Waals surface area contributed by atoms with E-state index in [1.54, 1.807) is 60.7 Å². The summed E-state index contributed by atoms with van der Waals surface area (Å²) in [5.41, 5.74) is 0.192. The Bertz CT molecular complexity index is 1230. The number of phenolic OH excluding ortho intramolecular Hbond substituents is 1. The Hall–Kier alpha value is -4.58. The maximum atomic E-state index is 12.8. The van der Waals surface area contributed by atoms with Crippen LogP contribution in [0.2, 0.25) is 0 Å². The zero-order valence-corrected chi connectivity index (χ0v) is 16.8. The minimum absolute atomic E-state index is 0.0791. The molecule has 0 aliphatic carbocycles. The van der Waals surface area contributed by atoms with Crippen LogP contribution in [0, 0.1) is 0 Å². The third kappa shape index (κ3) is 4.94. The van der Waals surface area contributed by atoms with E-state index < -0.39 is 11.9 Å². The fourth-order valence-corrected chi connectivity index (χ4v) is 2.90. The van der Waals surface area contributed by atoms with Gasteiger partial charge < -0.3 is 19.3 Å². The first kappa shape index (κ1) is 20.7. The molecule has 0 aromatic heterocycles. The molecule has 158 valence electrons. The normalized spacial score (nSPS) is 10.2. The van der Waals surface area contributed by atoms with Gasteiger partial charge in [-0.2, -0.15) is 0 Å². The highest BCUT2D eigenvalue weighted by molar-refractivity contribution is 6.05. The SMILES string of the molecule is O=C(OC(=O)c1ccccc1Oc1ccc(O)cc1)c1ccccc1Oc1ccccc1. The summed E-state index contributed by atoms with van der Waals surface area (Å²) in [7, 11) is 0. The van der Waals surface area contributed by atoms with Crippen molar-refractivity contribution in [2.75, 3.05) is 0 Å². The van der Waals surface area contributed by atoms with E-state index in [-0.39, 0.29) is 28.4 Å². The Morgan fingerprint density at radius 3 is 1.50 bits per heavy atom. The first-order valence-corrected chi connectivity index (χ1v) is 9.74. The summed E-state index contributed by atoms with van der Waals surface area (Å²) in [6.45, 7) is 0. The molecule has 4 aromatic rings. The molecule has 0 unspecified atom stereocenters. The molecule has 0 aliphatic rings. The number of carbonyl (C=O) groups excluding carboxylic acids is 2. The molecule has 0 amide bonds. The molecule has 4 rings (SSSR count). The van der Waals surface area contributed by atoms with Gasteiger partial charge in [0.1, 0.15) is 39.9 Å². The van der Waals surface area contributed by atoms with E-state index in [9.17, 15) is 14.7 Å². The molecular weight excluding hydrogens is 408 g/mol. The van der Waals surface area contributed by atoms with Gasteiger partial charge >= 0.3 is 11.9 Å². The van der Waals surface area contributed by atoms with Crippen molar-refractivity contribution in [1.29, 1.82) is 0 Å². The lowest BCUT2D eigenvalue weighted by atomic mass is 10.2. The number of benzene rings is 4. The van der Waals surface area contributed by atoms with Crippen LogP contribution in [0.3, 0.4) is 0 Å². The van der Waals surface area contributed by atoms with Gasteiger partial charge in [0.05, 0.1) is 0 Å².